The van der Waals surface area contributed by atoms with E-state index in [1.165, 1.54) is 0 Å². The third-order valence-corrected chi connectivity index (χ3v) is 0. The molecule has 0 aromatic heterocycles. The molecular formula is CaCl4Zn. The zero-order chi connectivity index (χ0) is 2.71. The first-order valence-corrected chi connectivity index (χ1v) is 8.33. The molecule has 0 spiro atoms. The quantitative estimate of drug-likeness (QED) is 0.376. The SMILES string of the molecule is [Ca+2].[Cl-].[Cl-].[Cl][Zn][Cl]. The fourth-order valence-corrected chi connectivity index (χ4v) is 0. The summed E-state index contributed by atoms with van der Waals surface area (Å²) >= 11 is -0.931. The Morgan fingerprint density at radius 3 is 1.00 bits per heavy atom. The molecule has 0 aromatic carbocycles. The zero-order valence-corrected chi connectivity index (χ0v) is 11.1. The Kier molecular flexibility index (Phi) is 93.6. The fraction of sp³-hybridized carbons (Fsp3) is 0. The first-order chi connectivity index (χ1) is 1.41. The van der Waals surface area contributed by atoms with Crippen LogP contribution >= 0.6 is 19.4 Å². The van der Waals surface area contributed by atoms with Gasteiger partial charge in [-0.15, -0.1) is 0 Å². The van der Waals surface area contributed by atoms with Gasteiger partial charge in [0.15, 0.2) is 0 Å². The Morgan fingerprint density at radius 1 is 1.00 bits per heavy atom. The topological polar surface area (TPSA) is 0 Å². The second-order valence-corrected chi connectivity index (χ2v) is 4.72. The Hall–Kier alpha value is 3.04. The Bertz CT molecular complexity index is 7.51. The molecular weight excluding hydrogens is 247 g/mol. The van der Waals surface area contributed by atoms with Crippen molar-refractivity contribution in [3.63, 3.8) is 0 Å². The van der Waals surface area contributed by atoms with E-state index in [1.807, 2.05) is 0 Å². The molecule has 0 saturated carbocycles. The monoisotopic (exact) mass is 244 g/mol. The van der Waals surface area contributed by atoms with Gasteiger partial charge in [-0.1, -0.05) is 0 Å². The standard InChI is InChI=1S/Ca.4ClH.Zn/h;4*1H;/q+2;;;;;+2/p-4. The van der Waals surface area contributed by atoms with Gasteiger partial charge in [-0.2, -0.15) is 0 Å². The summed E-state index contributed by atoms with van der Waals surface area (Å²) < 4.78 is 0. The van der Waals surface area contributed by atoms with Gasteiger partial charge in [-0.05, 0) is 0 Å². The van der Waals surface area contributed by atoms with E-state index in [0.29, 0.717) is 0 Å². The molecule has 0 nitrogen and oxygen atoms in total. The average molecular weight is 247 g/mol. The first-order valence-electron chi connectivity index (χ1n) is 0.535. The van der Waals surface area contributed by atoms with Crippen LogP contribution in [-0.4, -0.2) is 37.7 Å². The fourth-order valence-electron chi connectivity index (χ4n) is 0. The van der Waals surface area contributed by atoms with Crippen LogP contribution in [0.25, 0.3) is 0 Å². The molecule has 0 radical (unpaired) electrons. The van der Waals surface area contributed by atoms with Gasteiger partial charge in [0.25, 0.3) is 0 Å². The van der Waals surface area contributed by atoms with Crippen molar-refractivity contribution >= 4 is 57.1 Å². The molecule has 0 fully saturated rings. The molecule has 0 rings (SSSR count). The van der Waals surface area contributed by atoms with Crippen LogP contribution in [0.15, 0.2) is 0 Å². The van der Waals surface area contributed by atoms with Crippen LogP contribution in [0.1, 0.15) is 0 Å². The van der Waals surface area contributed by atoms with E-state index in [-0.39, 0.29) is 62.6 Å². The van der Waals surface area contributed by atoms with Crippen molar-refractivity contribution in [3.8, 4) is 0 Å². The minimum absolute atomic E-state index is 0. The number of halogens is 4. The summed E-state index contributed by atoms with van der Waals surface area (Å²) in [4.78, 5) is 0. The third kappa shape index (κ3) is 27.8. The van der Waals surface area contributed by atoms with Gasteiger partial charge in [0.05, 0.1) is 0 Å². The summed E-state index contributed by atoms with van der Waals surface area (Å²) in [5.41, 5.74) is 0. The van der Waals surface area contributed by atoms with Crippen molar-refractivity contribution in [2.45, 2.75) is 0 Å². The molecule has 6 heteroatoms. The van der Waals surface area contributed by atoms with Gasteiger partial charge in [0.2, 0.25) is 0 Å². The average Bonchev–Trinajstić information content (AvgIpc) is 0.918. The third-order valence-electron chi connectivity index (χ3n) is 0. The summed E-state index contributed by atoms with van der Waals surface area (Å²) in [6, 6.07) is 0. The molecule has 0 N–H and O–H groups in total. The van der Waals surface area contributed by atoms with E-state index in [4.69, 9.17) is 19.4 Å². The second-order valence-electron chi connectivity index (χ2n) is 0.101. The van der Waals surface area contributed by atoms with Crippen molar-refractivity contribution in [3.05, 3.63) is 0 Å². The van der Waals surface area contributed by atoms with Gasteiger partial charge in [0.1, 0.15) is 0 Å². The van der Waals surface area contributed by atoms with Crippen molar-refractivity contribution in [1.29, 1.82) is 0 Å². The summed E-state index contributed by atoms with van der Waals surface area (Å²) in [6.07, 6.45) is 0. The maximum atomic E-state index is 4.95. The second kappa shape index (κ2) is 24.4. The zero-order valence-electron chi connectivity index (χ0n) is 2.93. The van der Waals surface area contributed by atoms with E-state index in [2.05, 4.69) is 0 Å². The molecule has 0 bridgehead atoms. The molecule has 0 aliphatic carbocycles. The van der Waals surface area contributed by atoms with Gasteiger partial charge < -0.3 is 24.8 Å². The van der Waals surface area contributed by atoms with E-state index in [9.17, 15) is 0 Å². The number of hydrogen-bond donors (Lipinski definition) is 0. The molecule has 0 unspecified atom stereocenters. The van der Waals surface area contributed by atoms with Gasteiger partial charge >= 0.3 is 72.3 Å². The van der Waals surface area contributed by atoms with Crippen LogP contribution in [0.3, 0.4) is 0 Å². The van der Waals surface area contributed by atoms with Crippen LogP contribution in [0.4, 0.5) is 0 Å². The maximum absolute atomic E-state index is 4.95. The number of hydrogen-bond acceptors (Lipinski definition) is 0. The minimum atomic E-state index is -0.931. The normalized spacial score (nSPS) is 1.67. The van der Waals surface area contributed by atoms with E-state index in [0.717, 1.165) is 0 Å². The molecule has 0 amide bonds. The van der Waals surface area contributed by atoms with Gasteiger partial charge in [0, 0.05) is 0 Å². The van der Waals surface area contributed by atoms with Crippen molar-refractivity contribution in [1.82, 2.24) is 0 Å². The summed E-state index contributed by atoms with van der Waals surface area (Å²) in [6.45, 7) is 0. The van der Waals surface area contributed by atoms with Crippen LogP contribution in [0.2, 0.25) is 0 Å². The Balaban J connectivity index is -0.00000000667. The van der Waals surface area contributed by atoms with Crippen molar-refractivity contribution < 1.29 is 40.0 Å². The van der Waals surface area contributed by atoms with Crippen molar-refractivity contribution in [2.24, 2.45) is 0 Å². The van der Waals surface area contributed by atoms with E-state index >= 15 is 0 Å². The summed E-state index contributed by atoms with van der Waals surface area (Å²) in [5, 5.41) is 0. The Labute approximate surface area is 95.2 Å². The van der Waals surface area contributed by atoms with Crippen molar-refractivity contribution in [2.75, 3.05) is 0 Å². The van der Waals surface area contributed by atoms with Crippen LogP contribution in [0.5, 0.6) is 0 Å². The molecule has 0 heterocycles. The predicted molar refractivity (Wildman–Crippen MR) is 17.5 cm³/mol. The molecule has 0 atom stereocenters. The van der Waals surface area contributed by atoms with Gasteiger partial charge in [-0.3, -0.25) is 0 Å². The molecule has 0 aliphatic heterocycles. The summed E-state index contributed by atoms with van der Waals surface area (Å²) in [7, 11) is 9.90. The Morgan fingerprint density at radius 2 is 1.00 bits per heavy atom. The van der Waals surface area contributed by atoms with E-state index < -0.39 is 15.1 Å². The van der Waals surface area contributed by atoms with Crippen LogP contribution in [0, 0.1) is 0 Å². The molecule has 32 valence electrons. The van der Waals surface area contributed by atoms with E-state index in [1.54, 1.807) is 0 Å². The van der Waals surface area contributed by atoms with Gasteiger partial charge in [-0.25, -0.2) is 0 Å². The van der Waals surface area contributed by atoms with Crippen LogP contribution < -0.4 is 24.8 Å². The summed E-state index contributed by atoms with van der Waals surface area (Å²) in [5.74, 6) is 0. The van der Waals surface area contributed by atoms with Crippen LogP contribution in [-0.2, 0) is 15.1 Å². The first kappa shape index (κ1) is 23.0. The molecule has 0 aliphatic rings. The number of rotatable bonds is 0. The molecule has 0 aromatic rings. The molecule has 6 heavy (non-hydrogen) atoms. The predicted octanol–water partition coefficient (Wildman–Crippen LogP) is -5.00. The molecule has 0 saturated heterocycles.